The zero-order valence-corrected chi connectivity index (χ0v) is 15.8. The molecule has 132 valence electrons. The molecule has 1 amide bonds. The van der Waals surface area contributed by atoms with Gasteiger partial charge >= 0.3 is 5.97 Å². The van der Waals surface area contributed by atoms with Gasteiger partial charge in [-0.2, -0.15) is 0 Å². The Morgan fingerprint density at radius 3 is 2.69 bits per heavy atom. The smallest absolute Gasteiger partial charge is 0.337 e. The number of amides is 1. The van der Waals surface area contributed by atoms with Crippen LogP contribution in [0, 0.1) is 0 Å². The van der Waals surface area contributed by atoms with E-state index in [0.29, 0.717) is 17.7 Å². The van der Waals surface area contributed by atoms with Gasteiger partial charge in [-0.1, -0.05) is 12.1 Å². The lowest BCUT2D eigenvalue weighted by Gasteiger charge is -2.35. The first kappa shape index (κ1) is 17.0. The first-order valence-electron chi connectivity index (χ1n) is 8.28. The first-order valence-corrected chi connectivity index (χ1v) is 10.0. The van der Waals surface area contributed by atoms with E-state index in [0.717, 1.165) is 11.3 Å². The molecule has 6 heteroatoms. The van der Waals surface area contributed by atoms with Crippen LogP contribution in [-0.2, 0) is 11.2 Å². The van der Waals surface area contributed by atoms with Crippen molar-refractivity contribution in [2.45, 2.75) is 12.5 Å². The number of ether oxygens (including phenoxy) is 1. The Balaban J connectivity index is 1.72. The fourth-order valence-corrected chi connectivity index (χ4v) is 5.11. The van der Waals surface area contributed by atoms with E-state index in [4.69, 9.17) is 4.74 Å². The van der Waals surface area contributed by atoms with Gasteiger partial charge in [-0.25, -0.2) is 4.79 Å². The molecule has 4 nitrogen and oxygen atoms in total. The van der Waals surface area contributed by atoms with Crippen LogP contribution in [-0.4, -0.2) is 30.4 Å². The minimum Gasteiger partial charge on any atom is -0.465 e. The lowest BCUT2D eigenvalue weighted by atomic mass is 9.97. The Kier molecular flexibility index (Phi) is 4.61. The third kappa shape index (κ3) is 2.95. The van der Waals surface area contributed by atoms with Crippen LogP contribution in [0.2, 0.25) is 0 Å². The minimum absolute atomic E-state index is 0.0639. The Hall–Kier alpha value is -2.44. The number of methoxy groups -OCH3 is 1. The number of fused-ring (bicyclic) bond motifs is 1. The summed E-state index contributed by atoms with van der Waals surface area (Å²) in [7, 11) is 1.34. The highest BCUT2D eigenvalue weighted by Crippen LogP contribution is 2.40. The second kappa shape index (κ2) is 7.05. The van der Waals surface area contributed by atoms with Gasteiger partial charge in [0.25, 0.3) is 5.91 Å². The molecule has 0 saturated carbocycles. The highest BCUT2D eigenvalue weighted by atomic mass is 32.1. The van der Waals surface area contributed by atoms with E-state index in [1.165, 1.54) is 17.6 Å². The van der Waals surface area contributed by atoms with Gasteiger partial charge in [-0.3, -0.25) is 4.79 Å². The molecule has 4 rings (SSSR count). The van der Waals surface area contributed by atoms with Gasteiger partial charge in [0.05, 0.1) is 18.7 Å². The normalized spacial score (nSPS) is 16.2. The van der Waals surface area contributed by atoms with E-state index in [2.05, 4.69) is 17.5 Å². The number of hydrogen-bond acceptors (Lipinski definition) is 5. The molecule has 0 aliphatic carbocycles. The van der Waals surface area contributed by atoms with Crippen molar-refractivity contribution in [3.8, 4) is 0 Å². The summed E-state index contributed by atoms with van der Waals surface area (Å²) in [5.74, 6) is -0.501. The van der Waals surface area contributed by atoms with Gasteiger partial charge in [0.2, 0.25) is 0 Å². The quantitative estimate of drug-likeness (QED) is 0.631. The number of thiophene rings is 2. The minimum atomic E-state index is -0.437. The van der Waals surface area contributed by atoms with E-state index < -0.39 is 5.97 Å². The largest absolute Gasteiger partial charge is 0.465 e. The highest BCUT2D eigenvalue weighted by molar-refractivity contribution is 7.10. The van der Waals surface area contributed by atoms with Crippen LogP contribution in [0.25, 0.3) is 0 Å². The number of esters is 1. The van der Waals surface area contributed by atoms with Crippen LogP contribution in [0.4, 0.5) is 0 Å². The number of hydrogen-bond donors (Lipinski definition) is 0. The van der Waals surface area contributed by atoms with Gasteiger partial charge < -0.3 is 9.64 Å². The standard InChI is InChI=1S/C20H17NO3S2/c1-24-20(23)14-5-2-4-13(12-14)19(22)21-9-7-16-15(8-11-26-16)18(21)17-6-3-10-25-17/h2-6,8,10-12,18H,7,9H2,1H3/t18-/m0/s1. The molecule has 0 spiro atoms. The van der Waals surface area contributed by atoms with Crippen molar-refractivity contribution < 1.29 is 14.3 Å². The monoisotopic (exact) mass is 383 g/mol. The summed E-state index contributed by atoms with van der Waals surface area (Å²) in [6, 6.07) is 12.9. The summed E-state index contributed by atoms with van der Waals surface area (Å²) in [4.78, 5) is 29.5. The van der Waals surface area contributed by atoms with Crippen molar-refractivity contribution in [3.05, 3.63) is 79.7 Å². The number of carbonyl (C=O) groups is 2. The van der Waals surface area contributed by atoms with Gasteiger partial charge in [-0.15, -0.1) is 22.7 Å². The fourth-order valence-electron chi connectivity index (χ4n) is 3.35. The lowest BCUT2D eigenvalue weighted by molar-refractivity contribution is 0.0600. The Morgan fingerprint density at radius 2 is 1.92 bits per heavy atom. The van der Waals surface area contributed by atoms with E-state index in [9.17, 15) is 9.59 Å². The van der Waals surface area contributed by atoms with E-state index in [1.54, 1.807) is 46.9 Å². The number of rotatable bonds is 3. The summed E-state index contributed by atoms with van der Waals surface area (Å²) in [5.41, 5.74) is 2.11. The summed E-state index contributed by atoms with van der Waals surface area (Å²) in [6.07, 6.45) is 0.858. The Bertz CT molecular complexity index is 946. The van der Waals surface area contributed by atoms with Crippen LogP contribution >= 0.6 is 22.7 Å². The van der Waals surface area contributed by atoms with E-state index >= 15 is 0 Å². The predicted octanol–water partition coefficient (Wildman–Crippen LogP) is 4.38. The van der Waals surface area contributed by atoms with Crippen LogP contribution < -0.4 is 0 Å². The zero-order chi connectivity index (χ0) is 18.1. The van der Waals surface area contributed by atoms with E-state index in [1.807, 2.05) is 16.3 Å². The summed E-state index contributed by atoms with van der Waals surface area (Å²) in [5, 5.41) is 4.13. The SMILES string of the molecule is COC(=O)c1cccc(C(=O)N2CCc3sccc3[C@H]2c2cccs2)c1. The van der Waals surface area contributed by atoms with Crippen molar-refractivity contribution in [2.24, 2.45) is 0 Å². The third-order valence-corrected chi connectivity index (χ3v) is 6.49. The van der Waals surface area contributed by atoms with Crippen LogP contribution in [0.15, 0.2) is 53.2 Å². The molecular weight excluding hydrogens is 366 g/mol. The number of nitrogens with zero attached hydrogens (tertiary/aromatic N) is 1. The van der Waals surface area contributed by atoms with Gasteiger partial charge in [0.1, 0.15) is 0 Å². The number of carbonyl (C=O) groups excluding carboxylic acids is 2. The van der Waals surface area contributed by atoms with Crippen molar-refractivity contribution >= 4 is 34.6 Å². The molecule has 2 aromatic heterocycles. The fraction of sp³-hybridized carbons (Fsp3) is 0.200. The maximum atomic E-state index is 13.3. The second-order valence-electron chi connectivity index (χ2n) is 6.04. The Morgan fingerprint density at radius 1 is 1.08 bits per heavy atom. The van der Waals surface area contributed by atoms with Crippen LogP contribution in [0.5, 0.6) is 0 Å². The van der Waals surface area contributed by atoms with Gasteiger partial charge in [-0.05, 0) is 53.1 Å². The van der Waals surface area contributed by atoms with Crippen LogP contribution in [0.1, 0.15) is 42.1 Å². The molecule has 3 aromatic rings. The molecule has 0 unspecified atom stereocenters. The molecule has 3 heterocycles. The number of benzene rings is 1. The zero-order valence-electron chi connectivity index (χ0n) is 14.2. The first-order chi connectivity index (χ1) is 12.7. The lowest BCUT2D eigenvalue weighted by Crippen LogP contribution is -2.39. The topological polar surface area (TPSA) is 46.6 Å². The second-order valence-corrected chi connectivity index (χ2v) is 8.02. The van der Waals surface area contributed by atoms with E-state index in [-0.39, 0.29) is 11.9 Å². The molecule has 0 radical (unpaired) electrons. The van der Waals surface area contributed by atoms with Gasteiger partial charge in [0, 0.05) is 21.9 Å². The molecule has 1 aromatic carbocycles. The molecule has 0 saturated heterocycles. The molecule has 26 heavy (non-hydrogen) atoms. The maximum Gasteiger partial charge on any atom is 0.337 e. The summed E-state index contributed by atoms with van der Waals surface area (Å²) in [6.45, 7) is 0.664. The molecule has 1 atom stereocenters. The molecule has 1 aliphatic heterocycles. The van der Waals surface area contributed by atoms with Crippen LogP contribution in [0.3, 0.4) is 0 Å². The summed E-state index contributed by atoms with van der Waals surface area (Å²) < 4.78 is 4.77. The molecule has 0 fully saturated rings. The van der Waals surface area contributed by atoms with Crippen molar-refractivity contribution in [1.82, 2.24) is 4.90 Å². The average Bonchev–Trinajstić information content (AvgIpc) is 3.37. The third-order valence-electron chi connectivity index (χ3n) is 4.57. The molecule has 0 bridgehead atoms. The van der Waals surface area contributed by atoms with Crippen molar-refractivity contribution in [3.63, 3.8) is 0 Å². The van der Waals surface area contributed by atoms with Crippen molar-refractivity contribution in [2.75, 3.05) is 13.7 Å². The average molecular weight is 383 g/mol. The molecule has 1 aliphatic rings. The highest BCUT2D eigenvalue weighted by Gasteiger charge is 2.34. The molecular formula is C20H17NO3S2. The maximum absolute atomic E-state index is 13.3. The molecule has 0 N–H and O–H groups in total. The predicted molar refractivity (Wildman–Crippen MR) is 103 cm³/mol. The summed E-state index contributed by atoms with van der Waals surface area (Å²) >= 11 is 3.41. The van der Waals surface area contributed by atoms with Gasteiger partial charge in [0.15, 0.2) is 0 Å². The Labute approximate surface area is 159 Å². The van der Waals surface area contributed by atoms with Crippen molar-refractivity contribution in [1.29, 1.82) is 0 Å².